The van der Waals surface area contributed by atoms with Gasteiger partial charge >= 0.3 is 0 Å². The molecule has 0 N–H and O–H groups in total. The number of hydrogen-bond acceptors (Lipinski definition) is 4. The molecule has 0 saturated heterocycles. The minimum absolute atomic E-state index is 0.609. The summed E-state index contributed by atoms with van der Waals surface area (Å²) < 4.78 is 8.51. The van der Waals surface area contributed by atoms with Crippen molar-refractivity contribution in [3.05, 3.63) is 121 Å². The zero-order valence-electron chi connectivity index (χ0n) is 21.2. The van der Waals surface area contributed by atoms with E-state index in [-0.39, 0.29) is 0 Å². The van der Waals surface area contributed by atoms with Crippen LogP contribution in [-0.4, -0.2) is 19.5 Å². The molecule has 0 aliphatic heterocycles. The summed E-state index contributed by atoms with van der Waals surface area (Å²) in [4.78, 5) is 15.0. The zero-order valence-corrected chi connectivity index (χ0v) is 21.2. The molecule has 4 heterocycles. The van der Waals surface area contributed by atoms with Gasteiger partial charge in [-0.05, 0) is 53.2 Å². The molecule has 5 heteroatoms. The Bertz CT molecular complexity index is 2450. The molecule has 0 fully saturated rings. The fourth-order valence-corrected chi connectivity index (χ4v) is 6.08. The van der Waals surface area contributed by atoms with Crippen LogP contribution in [0.2, 0.25) is 0 Å². The van der Waals surface area contributed by atoms with Gasteiger partial charge in [-0.15, -0.1) is 0 Å². The Balaban J connectivity index is 1.48. The number of pyridine rings is 1. The predicted octanol–water partition coefficient (Wildman–Crippen LogP) is 8.84. The molecule has 9 aromatic rings. The molecular weight excluding hydrogens is 492 g/mol. The number of benzene rings is 5. The van der Waals surface area contributed by atoms with Crippen molar-refractivity contribution in [3.63, 3.8) is 0 Å². The largest absolute Gasteiger partial charge is 0.456 e. The lowest BCUT2D eigenvalue weighted by Gasteiger charge is -2.14. The normalized spacial score (nSPS) is 12.0. The Kier molecular flexibility index (Phi) is 4.27. The Morgan fingerprint density at radius 3 is 2.27 bits per heavy atom. The monoisotopic (exact) mass is 512 g/mol. The SMILES string of the molecule is c1ccc2cc3c(cc2c1)c1ccccc1n3-c1nc2cccnc2nc1-c1cccc2oc3ccccc3c12. The van der Waals surface area contributed by atoms with Gasteiger partial charge in [0, 0.05) is 33.3 Å². The molecule has 5 aromatic carbocycles. The number of furan rings is 1. The van der Waals surface area contributed by atoms with Crippen LogP contribution in [0.25, 0.3) is 82.8 Å². The van der Waals surface area contributed by atoms with E-state index in [0.29, 0.717) is 5.65 Å². The highest BCUT2D eigenvalue weighted by molar-refractivity contribution is 6.15. The van der Waals surface area contributed by atoms with E-state index in [1.54, 1.807) is 6.20 Å². The molecule has 4 aromatic heterocycles. The van der Waals surface area contributed by atoms with Crippen LogP contribution < -0.4 is 0 Å². The van der Waals surface area contributed by atoms with Crippen molar-refractivity contribution >= 4 is 65.7 Å². The second kappa shape index (κ2) is 7.98. The van der Waals surface area contributed by atoms with Gasteiger partial charge in [-0.25, -0.2) is 15.0 Å². The third-order valence-corrected chi connectivity index (χ3v) is 7.83. The summed E-state index contributed by atoms with van der Waals surface area (Å²) in [7, 11) is 0. The van der Waals surface area contributed by atoms with Crippen molar-refractivity contribution in [2.75, 3.05) is 0 Å². The maximum absolute atomic E-state index is 6.25. The summed E-state index contributed by atoms with van der Waals surface area (Å²) in [6.07, 6.45) is 1.76. The highest BCUT2D eigenvalue weighted by Gasteiger charge is 2.22. The standard InChI is InChI=1S/C35H20N4O/c1-2-10-22-20-29-26(19-21(22)9-1)23-11-3-5-15-28(23)39(29)35-33(38-34-27(37-35)14-8-18-36-34)25-13-7-17-31-32(25)24-12-4-6-16-30(24)40-31/h1-20H. The summed E-state index contributed by atoms with van der Waals surface area (Å²) in [6, 6.07) is 39.7. The average molecular weight is 513 g/mol. The highest BCUT2D eigenvalue weighted by atomic mass is 16.3. The summed E-state index contributed by atoms with van der Waals surface area (Å²) in [5.74, 6) is 0.764. The zero-order chi connectivity index (χ0) is 26.2. The minimum Gasteiger partial charge on any atom is -0.456 e. The molecule has 5 nitrogen and oxygen atoms in total. The maximum Gasteiger partial charge on any atom is 0.178 e. The van der Waals surface area contributed by atoms with E-state index in [2.05, 4.69) is 82.3 Å². The number of rotatable bonds is 2. The van der Waals surface area contributed by atoms with Crippen LogP contribution in [-0.2, 0) is 0 Å². The lowest BCUT2D eigenvalue weighted by Crippen LogP contribution is -2.04. The lowest BCUT2D eigenvalue weighted by molar-refractivity contribution is 0.669. The number of hydrogen-bond donors (Lipinski definition) is 0. The fourth-order valence-electron chi connectivity index (χ4n) is 6.08. The van der Waals surface area contributed by atoms with Crippen LogP contribution in [0, 0.1) is 0 Å². The van der Waals surface area contributed by atoms with Crippen molar-refractivity contribution < 1.29 is 4.42 Å². The van der Waals surface area contributed by atoms with Crippen LogP contribution in [0.15, 0.2) is 126 Å². The van der Waals surface area contributed by atoms with Crippen molar-refractivity contribution in [1.82, 2.24) is 19.5 Å². The van der Waals surface area contributed by atoms with Gasteiger partial charge in [-0.2, -0.15) is 0 Å². The fraction of sp³-hybridized carbons (Fsp3) is 0. The third kappa shape index (κ3) is 2.94. The quantitative estimate of drug-likeness (QED) is 0.232. The molecule has 0 spiro atoms. The van der Waals surface area contributed by atoms with Crippen LogP contribution in [0.1, 0.15) is 0 Å². The van der Waals surface area contributed by atoms with Crippen LogP contribution in [0.5, 0.6) is 0 Å². The van der Waals surface area contributed by atoms with E-state index in [4.69, 9.17) is 14.4 Å². The average Bonchev–Trinajstić information content (AvgIpc) is 3.55. The van der Waals surface area contributed by atoms with E-state index in [9.17, 15) is 0 Å². The number of aromatic nitrogens is 4. The van der Waals surface area contributed by atoms with Crippen LogP contribution in [0.3, 0.4) is 0 Å². The smallest absolute Gasteiger partial charge is 0.178 e. The van der Waals surface area contributed by atoms with E-state index >= 15 is 0 Å². The van der Waals surface area contributed by atoms with Gasteiger partial charge in [0.2, 0.25) is 0 Å². The maximum atomic E-state index is 6.25. The number of nitrogens with zero attached hydrogens (tertiary/aromatic N) is 4. The second-order valence-corrected chi connectivity index (χ2v) is 10.1. The van der Waals surface area contributed by atoms with E-state index < -0.39 is 0 Å². The van der Waals surface area contributed by atoms with Gasteiger partial charge in [-0.3, -0.25) is 4.57 Å². The van der Waals surface area contributed by atoms with Gasteiger partial charge in [-0.1, -0.05) is 72.8 Å². The first kappa shape index (κ1) is 21.4. The second-order valence-electron chi connectivity index (χ2n) is 10.1. The molecule has 0 saturated carbocycles. The van der Waals surface area contributed by atoms with Crippen LogP contribution >= 0.6 is 0 Å². The molecule has 9 rings (SSSR count). The van der Waals surface area contributed by atoms with Gasteiger partial charge in [0.1, 0.15) is 22.4 Å². The first-order valence-corrected chi connectivity index (χ1v) is 13.3. The molecule has 186 valence electrons. The Hall–Kier alpha value is -5.55. The molecule has 0 radical (unpaired) electrons. The van der Waals surface area contributed by atoms with Crippen molar-refractivity contribution in [2.24, 2.45) is 0 Å². The van der Waals surface area contributed by atoms with Gasteiger partial charge in [0.15, 0.2) is 11.5 Å². The minimum atomic E-state index is 0.609. The Morgan fingerprint density at radius 1 is 0.575 bits per heavy atom. The topological polar surface area (TPSA) is 56.7 Å². The van der Waals surface area contributed by atoms with Crippen molar-refractivity contribution in [2.45, 2.75) is 0 Å². The van der Waals surface area contributed by atoms with Crippen molar-refractivity contribution in [3.8, 4) is 17.1 Å². The van der Waals surface area contributed by atoms with E-state index in [0.717, 1.165) is 55.6 Å². The van der Waals surface area contributed by atoms with Crippen LogP contribution in [0.4, 0.5) is 0 Å². The number of fused-ring (bicyclic) bond motifs is 8. The summed E-state index contributed by atoms with van der Waals surface area (Å²) in [5.41, 5.74) is 6.92. The Labute approximate surface area is 228 Å². The summed E-state index contributed by atoms with van der Waals surface area (Å²) >= 11 is 0. The van der Waals surface area contributed by atoms with Gasteiger partial charge in [0.25, 0.3) is 0 Å². The lowest BCUT2D eigenvalue weighted by atomic mass is 10.0. The Morgan fingerprint density at radius 2 is 1.35 bits per heavy atom. The molecule has 0 bridgehead atoms. The number of para-hydroxylation sites is 2. The molecule has 0 aliphatic rings. The molecule has 0 atom stereocenters. The predicted molar refractivity (Wildman–Crippen MR) is 162 cm³/mol. The first-order chi connectivity index (χ1) is 19.8. The summed E-state index contributed by atoms with van der Waals surface area (Å²) in [5, 5.41) is 6.82. The van der Waals surface area contributed by atoms with Gasteiger partial charge in [0.05, 0.1) is 11.0 Å². The highest BCUT2D eigenvalue weighted by Crippen LogP contribution is 2.41. The molecular formula is C35H20N4O. The molecule has 0 unspecified atom stereocenters. The van der Waals surface area contributed by atoms with Gasteiger partial charge < -0.3 is 4.42 Å². The third-order valence-electron chi connectivity index (χ3n) is 7.83. The first-order valence-electron chi connectivity index (χ1n) is 13.3. The summed E-state index contributed by atoms with van der Waals surface area (Å²) in [6.45, 7) is 0. The van der Waals surface area contributed by atoms with Crippen molar-refractivity contribution in [1.29, 1.82) is 0 Å². The molecule has 0 amide bonds. The van der Waals surface area contributed by atoms with E-state index in [1.165, 1.54) is 21.5 Å². The molecule has 0 aliphatic carbocycles. The molecule has 40 heavy (non-hydrogen) atoms. The van der Waals surface area contributed by atoms with E-state index in [1.807, 2.05) is 42.5 Å².